The smallest absolute Gasteiger partial charge is 0.106 e. The fourth-order valence-corrected chi connectivity index (χ4v) is 5.17. The van der Waals surface area contributed by atoms with Gasteiger partial charge in [-0.05, 0) is 57.6 Å². The number of rotatable bonds is 9. The molecular formula is C24H33N3S2. The van der Waals surface area contributed by atoms with Gasteiger partial charge in [0.1, 0.15) is 4.99 Å². The van der Waals surface area contributed by atoms with Crippen LogP contribution in [0.4, 0.5) is 11.4 Å². The minimum Gasteiger partial charge on any atom is -0.376 e. The maximum atomic E-state index is 5.68. The molecule has 29 heavy (non-hydrogen) atoms. The van der Waals surface area contributed by atoms with Crippen LogP contribution in [0, 0.1) is 0 Å². The lowest BCUT2D eigenvalue weighted by atomic mass is 10.1. The van der Waals surface area contributed by atoms with Crippen molar-refractivity contribution in [3.63, 3.8) is 0 Å². The van der Waals surface area contributed by atoms with Crippen LogP contribution < -0.4 is 10.2 Å². The van der Waals surface area contributed by atoms with Crippen LogP contribution in [0.25, 0.3) is 0 Å². The fourth-order valence-electron chi connectivity index (χ4n) is 3.89. The molecule has 1 atom stereocenters. The van der Waals surface area contributed by atoms with Crippen LogP contribution in [-0.2, 0) is 0 Å². The number of nitrogens with one attached hydrogen (secondary N) is 1. The summed E-state index contributed by atoms with van der Waals surface area (Å²) in [6.45, 7) is 9.84. The number of benzene rings is 2. The van der Waals surface area contributed by atoms with Gasteiger partial charge in [-0.1, -0.05) is 62.4 Å². The summed E-state index contributed by atoms with van der Waals surface area (Å²) in [6.07, 6.45) is 3.49. The first-order valence-corrected chi connectivity index (χ1v) is 11.9. The third kappa shape index (κ3) is 5.33. The number of hydrogen-bond acceptors (Lipinski definition) is 4. The molecule has 1 aliphatic rings. The summed E-state index contributed by atoms with van der Waals surface area (Å²) in [5.41, 5.74) is 3.67. The topological polar surface area (TPSA) is 18.5 Å². The van der Waals surface area contributed by atoms with Crippen molar-refractivity contribution in [1.29, 1.82) is 0 Å². The Hall–Kier alpha value is -1.56. The van der Waals surface area contributed by atoms with Gasteiger partial charge >= 0.3 is 0 Å². The SMILES string of the molecule is CCCCNC(=S)c1ccc2c(c1)N(C(C)CN(C)CCC)c1ccccc1S2. The molecule has 0 radical (unpaired) electrons. The average molecular weight is 428 g/mol. The lowest BCUT2D eigenvalue weighted by molar-refractivity contribution is 0.316. The van der Waals surface area contributed by atoms with Crippen molar-refractivity contribution < 1.29 is 0 Å². The summed E-state index contributed by atoms with van der Waals surface area (Å²) in [5, 5.41) is 3.42. The Morgan fingerprint density at radius 2 is 1.86 bits per heavy atom. The zero-order chi connectivity index (χ0) is 20.8. The number of nitrogens with zero attached hydrogens (tertiary/aromatic N) is 2. The van der Waals surface area contributed by atoms with E-state index in [2.05, 4.69) is 85.4 Å². The van der Waals surface area contributed by atoms with Crippen LogP contribution in [0.1, 0.15) is 45.6 Å². The zero-order valence-corrected chi connectivity index (χ0v) is 19.7. The molecule has 0 aromatic heterocycles. The maximum Gasteiger partial charge on any atom is 0.106 e. The van der Waals surface area contributed by atoms with Crippen molar-refractivity contribution in [3.05, 3.63) is 48.0 Å². The molecule has 2 aromatic rings. The van der Waals surface area contributed by atoms with E-state index in [1.807, 2.05) is 11.8 Å². The molecule has 3 nitrogen and oxygen atoms in total. The first-order valence-electron chi connectivity index (χ1n) is 10.7. The Morgan fingerprint density at radius 3 is 2.62 bits per heavy atom. The highest BCUT2D eigenvalue weighted by molar-refractivity contribution is 7.99. The van der Waals surface area contributed by atoms with Gasteiger partial charge in [0.05, 0.1) is 11.4 Å². The molecule has 3 rings (SSSR count). The van der Waals surface area contributed by atoms with E-state index in [-0.39, 0.29) is 0 Å². The monoisotopic (exact) mass is 427 g/mol. The summed E-state index contributed by atoms with van der Waals surface area (Å²) < 4.78 is 0. The molecule has 0 aliphatic carbocycles. The molecule has 2 aromatic carbocycles. The van der Waals surface area contributed by atoms with Crippen molar-refractivity contribution in [2.24, 2.45) is 0 Å². The lowest BCUT2D eigenvalue weighted by Gasteiger charge is -2.39. The summed E-state index contributed by atoms with van der Waals surface area (Å²) >= 11 is 7.54. The highest BCUT2D eigenvalue weighted by Gasteiger charge is 2.28. The van der Waals surface area contributed by atoms with Crippen molar-refractivity contribution in [3.8, 4) is 0 Å². The van der Waals surface area contributed by atoms with Gasteiger partial charge in [0.25, 0.3) is 0 Å². The van der Waals surface area contributed by atoms with E-state index < -0.39 is 0 Å². The summed E-state index contributed by atoms with van der Waals surface area (Å²) in [7, 11) is 2.22. The van der Waals surface area contributed by atoms with Crippen LogP contribution in [0.2, 0.25) is 0 Å². The van der Waals surface area contributed by atoms with Gasteiger partial charge in [0, 0.05) is 34.5 Å². The Labute approximate surface area is 185 Å². The Kier molecular flexibility index (Phi) is 7.99. The molecule has 0 fully saturated rings. The van der Waals surface area contributed by atoms with E-state index >= 15 is 0 Å². The summed E-state index contributed by atoms with van der Waals surface area (Å²) in [4.78, 5) is 8.40. The fraction of sp³-hybridized carbons (Fsp3) is 0.458. The van der Waals surface area contributed by atoms with E-state index in [0.29, 0.717) is 6.04 Å². The number of unbranched alkanes of at least 4 members (excludes halogenated alkanes) is 1. The van der Waals surface area contributed by atoms with Gasteiger partial charge in [0.15, 0.2) is 0 Å². The zero-order valence-electron chi connectivity index (χ0n) is 18.1. The van der Waals surface area contributed by atoms with Gasteiger partial charge in [0.2, 0.25) is 0 Å². The second-order valence-electron chi connectivity index (χ2n) is 7.84. The van der Waals surface area contributed by atoms with Gasteiger partial charge in [-0.15, -0.1) is 0 Å². The molecule has 1 aliphatic heterocycles. The average Bonchev–Trinajstić information content (AvgIpc) is 2.71. The second kappa shape index (κ2) is 10.5. The lowest BCUT2D eigenvalue weighted by Crippen LogP contribution is -2.40. The van der Waals surface area contributed by atoms with Crippen LogP contribution in [-0.4, -0.2) is 42.6 Å². The van der Waals surface area contributed by atoms with Crippen molar-refractivity contribution >= 4 is 40.3 Å². The number of anilines is 2. The van der Waals surface area contributed by atoms with Crippen molar-refractivity contribution in [2.45, 2.75) is 55.9 Å². The minimum atomic E-state index is 0.365. The van der Waals surface area contributed by atoms with E-state index in [0.717, 1.165) is 36.6 Å². The number of para-hydroxylation sites is 1. The van der Waals surface area contributed by atoms with Crippen molar-refractivity contribution in [1.82, 2.24) is 10.2 Å². The predicted molar refractivity (Wildman–Crippen MR) is 131 cm³/mol. The Balaban J connectivity index is 1.93. The van der Waals surface area contributed by atoms with E-state index in [9.17, 15) is 0 Å². The Bertz CT molecular complexity index is 837. The largest absolute Gasteiger partial charge is 0.376 e. The normalized spacial score (nSPS) is 13.8. The van der Waals surface area contributed by atoms with Crippen LogP contribution in [0.5, 0.6) is 0 Å². The number of fused-ring (bicyclic) bond motifs is 2. The summed E-state index contributed by atoms with van der Waals surface area (Å²) in [5.74, 6) is 0. The molecule has 0 amide bonds. The van der Waals surface area contributed by atoms with Gasteiger partial charge < -0.3 is 15.1 Å². The molecule has 156 valence electrons. The third-order valence-electron chi connectivity index (χ3n) is 5.26. The van der Waals surface area contributed by atoms with E-state index in [1.54, 1.807) is 0 Å². The number of thiocarbonyl (C=S) groups is 1. The molecule has 5 heteroatoms. The molecule has 0 saturated heterocycles. The van der Waals surface area contributed by atoms with E-state index in [1.165, 1.54) is 34.0 Å². The highest BCUT2D eigenvalue weighted by Crippen LogP contribution is 2.49. The van der Waals surface area contributed by atoms with Crippen molar-refractivity contribution in [2.75, 3.05) is 31.6 Å². The minimum absolute atomic E-state index is 0.365. The van der Waals surface area contributed by atoms with Crippen LogP contribution in [0.15, 0.2) is 52.3 Å². The molecule has 1 unspecified atom stereocenters. The van der Waals surface area contributed by atoms with Gasteiger partial charge in [-0.2, -0.15) is 0 Å². The Morgan fingerprint density at radius 1 is 1.10 bits per heavy atom. The molecular weight excluding hydrogens is 394 g/mol. The molecule has 0 saturated carbocycles. The predicted octanol–water partition coefficient (Wildman–Crippen LogP) is 6.08. The number of hydrogen-bond donors (Lipinski definition) is 1. The number of likely N-dealkylation sites (N-methyl/N-ethyl adjacent to an activating group) is 1. The molecule has 0 bridgehead atoms. The quantitative estimate of drug-likeness (QED) is 0.385. The van der Waals surface area contributed by atoms with Crippen LogP contribution in [0.3, 0.4) is 0 Å². The molecule has 0 spiro atoms. The first kappa shape index (κ1) is 22.1. The highest BCUT2D eigenvalue weighted by atomic mass is 32.2. The van der Waals surface area contributed by atoms with Crippen LogP contribution >= 0.6 is 24.0 Å². The molecule has 1 N–H and O–H groups in total. The van der Waals surface area contributed by atoms with Gasteiger partial charge in [-0.25, -0.2) is 0 Å². The molecule has 1 heterocycles. The van der Waals surface area contributed by atoms with E-state index in [4.69, 9.17) is 12.2 Å². The van der Waals surface area contributed by atoms with Gasteiger partial charge in [-0.3, -0.25) is 0 Å². The summed E-state index contributed by atoms with van der Waals surface area (Å²) in [6, 6.07) is 15.8. The standard InChI is InChI=1S/C24H33N3S2/c1-5-7-14-25-24(28)19-12-13-23-21(16-19)27(18(3)17-26(4)15-6-2)20-10-8-9-11-22(20)29-23/h8-13,16,18H,5-7,14-15,17H2,1-4H3,(H,25,28). The first-order chi connectivity index (χ1) is 14.0. The second-order valence-corrected chi connectivity index (χ2v) is 9.34. The maximum absolute atomic E-state index is 5.68. The third-order valence-corrected chi connectivity index (χ3v) is 6.77.